The topological polar surface area (TPSA) is 42.9 Å². The SMILES string of the molecule is CCNC(=NCC1CN(C)CCN1C)NCCc1cc(F)ccc1F.I. The predicted octanol–water partition coefficient (Wildman–Crippen LogP) is 1.93. The van der Waals surface area contributed by atoms with Crippen molar-refractivity contribution < 1.29 is 8.78 Å². The summed E-state index contributed by atoms with van der Waals surface area (Å²) in [6.07, 6.45) is 0.403. The first-order chi connectivity index (χ1) is 12.0. The Balaban J connectivity index is 0.00000338. The number of guanidine groups is 1. The molecule has 1 saturated heterocycles. The van der Waals surface area contributed by atoms with E-state index in [9.17, 15) is 8.78 Å². The minimum absolute atomic E-state index is 0. The maximum Gasteiger partial charge on any atom is 0.191 e. The zero-order valence-corrected chi connectivity index (χ0v) is 18.1. The van der Waals surface area contributed by atoms with E-state index in [1.54, 1.807) is 0 Å². The molecule has 0 aliphatic carbocycles. The molecule has 2 rings (SSSR count). The van der Waals surface area contributed by atoms with E-state index in [0.717, 1.165) is 32.2 Å². The first-order valence-electron chi connectivity index (χ1n) is 8.84. The van der Waals surface area contributed by atoms with Gasteiger partial charge in [-0.1, -0.05) is 0 Å². The molecule has 1 aromatic carbocycles. The van der Waals surface area contributed by atoms with Gasteiger partial charge in [-0.2, -0.15) is 0 Å². The molecule has 0 bridgehead atoms. The Bertz CT molecular complexity index is 585. The molecule has 0 aromatic heterocycles. The van der Waals surface area contributed by atoms with Crippen molar-refractivity contribution in [2.24, 2.45) is 4.99 Å². The number of rotatable bonds is 6. The van der Waals surface area contributed by atoms with Crippen LogP contribution in [-0.2, 0) is 6.42 Å². The molecule has 26 heavy (non-hydrogen) atoms. The van der Waals surface area contributed by atoms with Crippen molar-refractivity contribution in [2.75, 3.05) is 53.4 Å². The Morgan fingerprint density at radius 3 is 2.73 bits per heavy atom. The molecular weight excluding hydrogens is 451 g/mol. The highest BCUT2D eigenvalue weighted by atomic mass is 127. The molecule has 8 heteroatoms. The van der Waals surface area contributed by atoms with Crippen LogP contribution in [0.15, 0.2) is 23.2 Å². The van der Waals surface area contributed by atoms with Crippen molar-refractivity contribution in [1.82, 2.24) is 20.4 Å². The fourth-order valence-electron chi connectivity index (χ4n) is 2.89. The molecule has 148 valence electrons. The summed E-state index contributed by atoms with van der Waals surface area (Å²) in [5, 5.41) is 6.40. The summed E-state index contributed by atoms with van der Waals surface area (Å²) in [5.74, 6) is -0.0839. The van der Waals surface area contributed by atoms with E-state index < -0.39 is 5.82 Å². The van der Waals surface area contributed by atoms with Gasteiger partial charge in [0.25, 0.3) is 0 Å². The zero-order valence-electron chi connectivity index (χ0n) is 15.8. The monoisotopic (exact) mass is 481 g/mol. The lowest BCUT2D eigenvalue weighted by atomic mass is 10.1. The van der Waals surface area contributed by atoms with E-state index >= 15 is 0 Å². The standard InChI is InChI=1S/C18H29F2N5.HI/c1-4-21-18(23-12-16-13-24(2)9-10-25(16)3)22-8-7-14-11-15(19)5-6-17(14)20;/h5-6,11,16H,4,7-10,12-13H2,1-3H3,(H2,21,22,23);1H. The predicted molar refractivity (Wildman–Crippen MR) is 113 cm³/mol. The summed E-state index contributed by atoms with van der Waals surface area (Å²) < 4.78 is 26.9. The van der Waals surface area contributed by atoms with Crippen molar-refractivity contribution in [1.29, 1.82) is 0 Å². The third-order valence-electron chi connectivity index (χ3n) is 4.48. The Kier molecular flexibility index (Phi) is 10.3. The van der Waals surface area contributed by atoms with Gasteiger partial charge in [-0.25, -0.2) is 8.78 Å². The van der Waals surface area contributed by atoms with Crippen molar-refractivity contribution >= 4 is 29.9 Å². The van der Waals surface area contributed by atoms with E-state index in [1.807, 2.05) is 6.92 Å². The van der Waals surface area contributed by atoms with Crippen LogP contribution >= 0.6 is 24.0 Å². The van der Waals surface area contributed by atoms with Crippen molar-refractivity contribution in [3.63, 3.8) is 0 Å². The summed E-state index contributed by atoms with van der Waals surface area (Å²) in [4.78, 5) is 9.29. The smallest absolute Gasteiger partial charge is 0.191 e. The molecule has 1 aliphatic heterocycles. The number of halogens is 3. The van der Waals surface area contributed by atoms with Gasteiger partial charge in [0.05, 0.1) is 6.54 Å². The van der Waals surface area contributed by atoms with Crippen LogP contribution in [-0.4, -0.2) is 75.2 Å². The number of nitrogens with zero attached hydrogens (tertiary/aromatic N) is 3. The quantitative estimate of drug-likeness (QED) is 0.371. The van der Waals surface area contributed by atoms with Gasteiger partial charge in [0.1, 0.15) is 11.6 Å². The van der Waals surface area contributed by atoms with Crippen LogP contribution in [0.3, 0.4) is 0 Å². The fourth-order valence-corrected chi connectivity index (χ4v) is 2.89. The summed E-state index contributed by atoms with van der Waals surface area (Å²) in [5.41, 5.74) is 0.372. The van der Waals surface area contributed by atoms with E-state index in [4.69, 9.17) is 0 Å². The zero-order chi connectivity index (χ0) is 18.2. The summed E-state index contributed by atoms with van der Waals surface area (Å²) in [6, 6.07) is 3.93. The lowest BCUT2D eigenvalue weighted by molar-refractivity contribution is 0.119. The van der Waals surface area contributed by atoms with Gasteiger partial charge in [-0.15, -0.1) is 24.0 Å². The highest BCUT2D eigenvalue weighted by Crippen LogP contribution is 2.10. The molecule has 0 saturated carbocycles. The van der Waals surface area contributed by atoms with Crippen LogP contribution in [0, 0.1) is 11.6 Å². The number of benzene rings is 1. The van der Waals surface area contributed by atoms with E-state index in [0.29, 0.717) is 37.1 Å². The molecule has 5 nitrogen and oxygen atoms in total. The van der Waals surface area contributed by atoms with Crippen LogP contribution in [0.1, 0.15) is 12.5 Å². The Morgan fingerprint density at radius 1 is 1.23 bits per heavy atom. The lowest BCUT2D eigenvalue weighted by Gasteiger charge is -2.36. The minimum Gasteiger partial charge on any atom is -0.357 e. The van der Waals surface area contributed by atoms with Gasteiger partial charge in [0.15, 0.2) is 5.96 Å². The summed E-state index contributed by atoms with van der Waals surface area (Å²) in [7, 11) is 4.25. The van der Waals surface area contributed by atoms with Gasteiger partial charge < -0.3 is 15.5 Å². The summed E-state index contributed by atoms with van der Waals surface area (Å²) in [6.45, 7) is 7.06. The molecule has 0 radical (unpaired) electrons. The third-order valence-corrected chi connectivity index (χ3v) is 4.48. The van der Waals surface area contributed by atoms with E-state index in [2.05, 4.69) is 39.5 Å². The van der Waals surface area contributed by atoms with Gasteiger partial charge in [0.2, 0.25) is 0 Å². The molecular formula is C18H30F2IN5. The number of hydrogen-bond donors (Lipinski definition) is 2. The van der Waals surface area contributed by atoms with Crippen LogP contribution in [0.25, 0.3) is 0 Å². The second kappa shape index (κ2) is 11.7. The number of piperazine rings is 1. The van der Waals surface area contributed by atoms with Crippen molar-refractivity contribution in [3.8, 4) is 0 Å². The highest BCUT2D eigenvalue weighted by Gasteiger charge is 2.21. The Morgan fingerprint density at radius 2 is 2.00 bits per heavy atom. The van der Waals surface area contributed by atoms with Crippen molar-refractivity contribution in [3.05, 3.63) is 35.4 Å². The minimum atomic E-state index is -0.415. The normalized spacial score (nSPS) is 19.1. The molecule has 0 amide bonds. The largest absolute Gasteiger partial charge is 0.357 e. The third kappa shape index (κ3) is 7.32. The fraction of sp³-hybridized carbons (Fsp3) is 0.611. The number of hydrogen-bond acceptors (Lipinski definition) is 3. The second-order valence-corrected chi connectivity index (χ2v) is 6.53. The first kappa shape index (κ1) is 23.0. The molecule has 1 aliphatic rings. The van der Waals surface area contributed by atoms with Gasteiger partial charge >= 0.3 is 0 Å². The average molecular weight is 481 g/mol. The van der Waals surface area contributed by atoms with E-state index in [-0.39, 0.29) is 29.8 Å². The number of likely N-dealkylation sites (N-methyl/N-ethyl adjacent to an activating group) is 2. The maximum absolute atomic E-state index is 13.7. The van der Waals surface area contributed by atoms with Gasteiger partial charge in [-0.05, 0) is 51.2 Å². The Labute approximate surface area is 172 Å². The lowest BCUT2D eigenvalue weighted by Crippen LogP contribution is -2.51. The van der Waals surface area contributed by atoms with Gasteiger partial charge in [0, 0.05) is 38.8 Å². The molecule has 1 heterocycles. The summed E-state index contributed by atoms with van der Waals surface area (Å²) >= 11 is 0. The maximum atomic E-state index is 13.7. The average Bonchev–Trinajstić information content (AvgIpc) is 2.58. The molecule has 1 atom stereocenters. The first-order valence-corrected chi connectivity index (χ1v) is 8.84. The Hall–Kier alpha value is -1.00. The van der Waals surface area contributed by atoms with Gasteiger partial charge in [-0.3, -0.25) is 9.89 Å². The van der Waals surface area contributed by atoms with Crippen LogP contribution in [0.4, 0.5) is 8.78 Å². The molecule has 1 aromatic rings. The second-order valence-electron chi connectivity index (χ2n) is 6.53. The van der Waals surface area contributed by atoms with Crippen molar-refractivity contribution in [2.45, 2.75) is 19.4 Å². The van der Waals surface area contributed by atoms with E-state index in [1.165, 1.54) is 12.1 Å². The molecule has 1 fully saturated rings. The van der Waals surface area contributed by atoms with Crippen LogP contribution < -0.4 is 10.6 Å². The number of nitrogens with one attached hydrogen (secondary N) is 2. The number of aliphatic imine (C=N–C) groups is 1. The molecule has 0 spiro atoms. The molecule has 1 unspecified atom stereocenters. The highest BCUT2D eigenvalue weighted by molar-refractivity contribution is 14.0. The molecule has 2 N–H and O–H groups in total. The van der Waals surface area contributed by atoms with Crippen LogP contribution in [0.2, 0.25) is 0 Å². The van der Waals surface area contributed by atoms with Crippen LogP contribution in [0.5, 0.6) is 0 Å².